The Kier molecular flexibility index (Phi) is 4.12. The lowest BCUT2D eigenvalue weighted by Gasteiger charge is -2.35. The number of carbonyl (C=O) groups is 1. The van der Waals surface area contributed by atoms with E-state index in [1.54, 1.807) is 6.33 Å². The van der Waals surface area contributed by atoms with E-state index in [-0.39, 0.29) is 11.8 Å². The van der Waals surface area contributed by atoms with Gasteiger partial charge in [-0.2, -0.15) is 0 Å². The fourth-order valence-electron chi connectivity index (χ4n) is 3.78. The van der Waals surface area contributed by atoms with Gasteiger partial charge in [0.2, 0.25) is 0 Å². The van der Waals surface area contributed by atoms with E-state index in [1.807, 2.05) is 29.2 Å². The highest BCUT2D eigenvalue weighted by Gasteiger charge is 2.30. The molecule has 1 fully saturated rings. The summed E-state index contributed by atoms with van der Waals surface area (Å²) in [6, 6.07) is 14.3. The summed E-state index contributed by atoms with van der Waals surface area (Å²) < 4.78 is 6.22. The standard InChI is InChI=1S/C21H19N5O2/c27-16-9-8-15(11-28-18-7-3-5-14-4-1-2-6-17(14)18)26(10-16)21-19-20(23-12-22-19)24-13-25-21/h1-7,12-13,15H,8-11H2,(H,22,23,24,25)/t15-/m1/s1. The number of ether oxygens (including phenoxy) is 1. The predicted octanol–water partition coefficient (Wildman–Crippen LogP) is 3.12. The molecule has 0 saturated carbocycles. The normalized spacial score (nSPS) is 17.4. The predicted molar refractivity (Wildman–Crippen MR) is 107 cm³/mol. The number of nitrogens with one attached hydrogen (secondary N) is 1. The maximum atomic E-state index is 12.2. The number of aromatic amines is 1. The SMILES string of the molecule is O=C1CC[C@H](COc2cccc3ccccc23)N(c2ncnc3nc[nH]c23)C1. The van der Waals surface area contributed by atoms with Crippen LogP contribution in [-0.4, -0.2) is 44.9 Å². The second-order valence-corrected chi connectivity index (χ2v) is 6.95. The van der Waals surface area contributed by atoms with Gasteiger partial charge in [0.25, 0.3) is 0 Å². The number of anilines is 1. The third-order valence-corrected chi connectivity index (χ3v) is 5.20. The lowest BCUT2D eigenvalue weighted by molar-refractivity contribution is -0.119. The highest BCUT2D eigenvalue weighted by atomic mass is 16.5. The van der Waals surface area contributed by atoms with E-state index in [2.05, 4.69) is 38.1 Å². The van der Waals surface area contributed by atoms with E-state index in [4.69, 9.17) is 4.74 Å². The molecule has 0 amide bonds. The average molecular weight is 373 g/mol. The fraction of sp³-hybridized carbons (Fsp3) is 0.238. The van der Waals surface area contributed by atoms with E-state index in [1.165, 1.54) is 6.33 Å². The lowest BCUT2D eigenvalue weighted by Crippen LogP contribution is -2.47. The van der Waals surface area contributed by atoms with Crippen molar-refractivity contribution in [1.82, 2.24) is 19.9 Å². The van der Waals surface area contributed by atoms with Gasteiger partial charge in [-0.05, 0) is 17.9 Å². The number of Topliss-reactive ketones (excluding diaryl/α,β-unsaturated/α-hetero) is 1. The maximum absolute atomic E-state index is 12.2. The molecule has 2 aromatic carbocycles. The molecule has 3 heterocycles. The molecule has 0 bridgehead atoms. The maximum Gasteiger partial charge on any atom is 0.182 e. The zero-order valence-corrected chi connectivity index (χ0v) is 15.2. The molecule has 1 aliphatic rings. The number of fused-ring (bicyclic) bond motifs is 2. The number of carbonyl (C=O) groups excluding carboxylic acids is 1. The number of hydrogen-bond donors (Lipinski definition) is 1. The van der Waals surface area contributed by atoms with Crippen LogP contribution >= 0.6 is 0 Å². The van der Waals surface area contributed by atoms with Crippen molar-refractivity contribution in [1.29, 1.82) is 0 Å². The van der Waals surface area contributed by atoms with Crippen molar-refractivity contribution in [3.8, 4) is 5.75 Å². The second-order valence-electron chi connectivity index (χ2n) is 6.95. The smallest absolute Gasteiger partial charge is 0.182 e. The van der Waals surface area contributed by atoms with Gasteiger partial charge in [0.15, 0.2) is 17.2 Å². The Bertz CT molecular complexity index is 1150. The Morgan fingerprint density at radius 3 is 2.96 bits per heavy atom. The molecular weight excluding hydrogens is 354 g/mol. The molecule has 140 valence electrons. The molecule has 1 saturated heterocycles. The van der Waals surface area contributed by atoms with Crippen LogP contribution in [0.25, 0.3) is 21.9 Å². The monoisotopic (exact) mass is 373 g/mol. The van der Waals surface area contributed by atoms with Crippen molar-refractivity contribution in [3.63, 3.8) is 0 Å². The molecule has 5 rings (SSSR count). The summed E-state index contributed by atoms with van der Waals surface area (Å²) >= 11 is 0. The van der Waals surface area contributed by atoms with Crippen LogP contribution in [0.3, 0.4) is 0 Å². The van der Waals surface area contributed by atoms with Crippen LogP contribution in [0.5, 0.6) is 5.75 Å². The van der Waals surface area contributed by atoms with Gasteiger partial charge >= 0.3 is 0 Å². The van der Waals surface area contributed by atoms with Crippen LogP contribution in [0.1, 0.15) is 12.8 Å². The summed E-state index contributed by atoms with van der Waals surface area (Å²) in [7, 11) is 0. The number of imidazole rings is 1. The minimum absolute atomic E-state index is 0.0399. The molecule has 1 aliphatic heterocycles. The molecule has 7 heteroatoms. The number of H-pyrrole nitrogens is 1. The van der Waals surface area contributed by atoms with Crippen LogP contribution < -0.4 is 9.64 Å². The minimum Gasteiger partial charge on any atom is -0.491 e. The lowest BCUT2D eigenvalue weighted by atomic mass is 10.0. The molecule has 0 unspecified atom stereocenters. The number of piperidine rings is 1. The Morgan fingerprint density at radius 2 is 2.00 bits per heavy atom. The summed E-state index contributed by atoms with van der Waals surface area (Å²) in [6.45, 7) is 0.787. The summed E-state index contributed by atoms with van der Waals surface area (Å²) in [5.41, 5.74) is 1.34. The Hall–Kier alpha value is -3.48. The van der Waals surface area contributed by atoms with Gasteiger partial charge in [0, 0.05) is 11.8 Å². The molecule has 1 N–H and O–H groups in total. The Labute approximate surface area is 161 Å². The van der Waals surface area contributed by atoms with Crippen LogP contribution in [0.4, 0.5) is 5.82 Å². The van der Waals surface area contributed by atoms with Crippen LogP contribution in [0.15, 0.2) is 55.1 Å². The summed E-state index contributed by atoms with van der Waals surface area (Å²) in [5, 5.41) is 2.23. The van der Waals surface area contributed by atoms with Crippen LogP contribution in [0.2, 0.25) is 0 Å². The third-order valence-electron chi connectivity index (χ3n) is 5.20. The number of hydrogen-bond acceptors (Lipinski definition) is 6. The number of benzene rings is 2. The third kappa shape index (κ3) is 2.94. The van der Waals surface area contributed by atoms with E-state index in [9.17, 15) is 4.79 Å². The minimum atomic E-state index is 0.0399. The van der Waals surface area contributed by atoms with E-state index in [0.29, 0.717) is 31.0 Å². The first-order chi connectivity index (χ1) is 13.8. The van der Waals surface area contributed by atoms with Gasteiger partial charge in [-0.25, -0.2) is 15.0 Å². The van der Waals surface area contributed by atoms with E-state index in [0.717, 1.165) is 28.5 Å². The first-order valence-corrected chi connectivity index (χ1v) is 9.32. The molecule has 28 heavy (non-hydrogen) atoms. The zero-order valence-electron chi connectivity index (χ0n) is 15.2. The fourth-order valence-corrected chi connectivity index (χ4v) is 3.78. The van der Waals surface area contributed by atoms with Crippen molar-refractivity contribution in [2.75, 3.05) is 18.1 Å². The molecule has 0 radical (unpaired) electrons. The largest absolute Gasteiger partial charge is 0.491 e. The van der Waals surface area contributed by atoms with Crippen molar-refractivity contribution < 1.29 is 9.53 Å². The summed E-state index contributed by atoms with van der Waals surface area (Å²) in [5.74, 6) is 1.75. The molecule has 1 atom stereocenters. The van der Waals surface area contributed by atoms with E-state index < -0.39 is 0 Å². The Balaban J connectivity index is 1.44. The summed E-state index contributed by atoms with van der Waals surface area (Å²) in [4.78, 5) is 30.1. The van der Waals surface area contributed by atoms with Crippen LogP contribution in [0, 0.1) is 0 Å². The van der Waals surface area contributed by atoms with E-state index >= 15 is 0 Å². The average Bonchev–Trinajstić information content (AvgIpc) is 3.22. The number of rotatable bonds is 4. The Morgan fingerprint density at radius 1 is 1.11 bits per heavy atom. The van der Waals surface area contributed by atoms with Gasteiger partial charge in [0.05, 0.1) is 18.9 Å². The van der Waals surface area contributed by atoms with Crippen molar-refractivity contribution in [2.24, 2.45) is 0 Å². The van der Waals surface area contributed by atoms with Gasteiger partial charge in [-0.1, -0.05) is 36.4 Å². The van der Waals surface area contributed by atoms with Crippen LogP contribution in [-0.2, 0) is 4.79 Å². The molecule has 0 aliphatic carbocycles. The quantitative estimate of drug-likeness (QED) is 0.592. The zero-order chi connectivity index (χ0) is 18.9. The first-order valence-electron chi connectivity index (χ1n) is 9.32. The molecule has 4 aromatic rings. The first kappa shape index (κ1) is 16.7. The van der Waals surface area contributed by atoms with Crippen molar-refractivity contribution in [3.05, 3.63) is 55.1 Å². The van der Waals surface area contributed by atoms with Gasteiger partial charge in [0.1, 0.15) is 24.2 Å². The summed E-state index contributed by atoms with van der Waals surface area (Å²) in [6.07, 6.45) is 4.36. The molecule has 7 nitrogen and oxygen atoms in total. The van der Waals surface area contributed by atoms with Crippen molar-refractivity contribution >= 4 is 33.5 Å². The molecular formula is C21H19N5O2. The number of aromatic nitrogens is 4. The molecule has 2 aromatic heterocycles. The van der Waals surface area contributed by atoms with Gasteiger partial charge < -0.3 is 14.6 Å². The number of nitrogens with zero attached hydrogens (tertiary/aromatic N) is 4. The topological polar surface area (TPSA) is 84.0 Å². The highest BCUT2D eigenvalue weighted by Crippen LogP contribution is 2.29. The molecule has 0 spiro atoms. The second kappa shape index (κ2) is 6.92. The highest BCUT2D eigenvalue weighted by molar-refractivity contribution is 5.90. The van der Waals surface area contributed by atoms with Gasteiger partial charge in [-0.3, -0.25) is 4.79 Å². The van der Waals surface area contributed by atoms with Gasteiger partial charge in [-0.15, -0.1) is 0 Å². The van der Waals surface area contributed by atoms with Crippen molar-refractivity contribution in [2.45, 2.75) is 18.9 Å². The number of ketones is 1.